The highest BCUT2D eigenvalue weighted by Crippen LogP contribution is 2.22. The molecule has 0 radical (unpaired) electrons. The Morgan fingerprint density at radius 2 is 1.92 bits per heavy atom. The molecule has 0 fully saturated rings. The second kappa shape index (κ2) is 9.60. The molecule has 0 spiro atoms. The molecular weight excluding hydrogens is 381 g/mol. The van der Waals surface area contributed by atoms with Crippen molar-refractivity contribution in [1.82, 2.24) is 10.9 Å². The standard InChI is InChI=1S/C17H17ClFN3OS2/c1-11-2-6-14(7-3-11)20-17(24)22-21-16(23)10-25-9-12-4-5-13(19)8-15(12)18/h2-8H,9-10H2,1H3,(H,21,23)(H2,20,22,24). The van der Waals surface area contributed by atoms with Crippen LogP contribution < -0.4 is 16.2 Å². The lowest BCUT2D eigenvalue weighted by atomic mass is 10.2. The SMILES string of the molecule is Cc1ccc(NC(=S)NNC(=O)CSCc2ccc(F)cc2Cl)cc1. The van der Waals surface area contributed by atoms with Crippen molar-refractivity contribution < 1.29 is 9.18 Å². The number of nitrogens with one attached hydrogen (secondary N) is 3. The molecule has 2 aromatic carbocycles. The number of hydrogen-bond acceptors (Lipinski definition) is 3. The van der Waals surface area contributed by atoms with Crippen LogP contribution in [0.15, 0.2) is 42.5 Å². The molecule has 4 nitrogen and oxygen atoms in total. The summed E-state index contributed by atoms with van der Waals surface area (Å²) in [6.07, 6.45) is 0. The zero-order valence-corrected chi connectivity index (χ0v) is 15.8. The van der Waals surface area contributed by atoms with E-state index >= 15 is 0 Å². The van der Waals surface area contributed by atoms with E-state index in [0.717, 1.165) is 16.8 Å². The topological polar surface area (TPSA) is 53.2 Å². The van der Waals surface area contributed by atoms with Gasteiger partial charge in [0.05, 0.1) is 5.75 Å². The second-order valence-corrected chi connectivity index (χ2v) is 7.02. The molecule has 0 aliphatic carbocycles. The maximum Gasteiger partial charge on any atom is 0.248 e. The summed E-state index contributed by atoms with van der Waals surface area (Å²) in [7, 11) is 0. The first-order valence-electron chi connectivity index (χ1n) is 7.38. The molecule has 0 heterocycles. The van der Waals surface area contributed by atoms with Crippen LogP contribution in [0.5, 0.6) is 0 Å². The van der Waals surface area contributed by atoms with Crippen LogP contribution in [-0.4, -0.2) is 16.8 Å². The van der Waals surface area contributed by atoms with Gasteiger partial charge in [-0.1, -0.05) is 35.4 Å². The number of hydrazine groups is 1. The molecular formula is C17H17ClFN3OS2. The maximum atomic E-state index is 13.0. The average molecular weight is 398 g/mol. The molecule has 0 saturated carbocycles. The van der Waals surface area contributed by atoms with Crippen LogP contribution in [0.3, 0.4) is 0 Å². The van der Waals surface area contributed by atoms with Crippen molar-refractivity contribution in [2.24, 2.45) is 0 Å². The number of benzene rings is 2. The number of halogens is 2. The fourth-order valence-electron chi connectivity index (χ4n) is 1.85. The first-order chi connectivity index (χ1) is 11.9. The number of rotatable bonds is 5. The molecule has 0 unspecified atom stereocenters. The largest absolute Gasteiger partial charge is 0.331 e. The lowest BCUT2D eigenvalue weighted by Crippen LogP contribution is -2.44. The van der Waals surface area contributed by atoms with E-state index in [-0.39, 0.29) is 17.5 Å². The number of carbonyl (C=O) groups excluding carboxylic acids is 1. The van der Waals surface area contributed by atoms with Gasteiger partial charge in [0.2, 0.25) is 5.91 Å². The van der Waals surface area contributed by atoms with Gasteiger partial charge in [0.25, 0.3) is 0 Å². The predicted molar refractivity (Wildman–Crippen MR) is 106 cm³/mol. The third-order valence-electron chi connectivity index (χ3n) is 3.13. The first kappa shape index (κ1) is 19.5. The Kier molecular flexibility index (Phi) is 7.49. The van der Waals surface area contributed by atoms with Crippen LogP contribution in [0.4, 0.5) is 10.1 Å². The van der Waals surface area contributed by atoms with E-state index in [1.54, 1.807) is 6.07 Å². The van der Waals surface area contributed by atoms with Gasteiger partial charge in [-0.25, -0.2) is 4.39 Å². The van der Waals surface area contributed by atoms with Crippen molar-refractivity contribution >= 4 is 52.3 Å². The fraction of sp³-hybridized carbons (Fsp3) is 0.176. The van der Waals surface area contributed by atoms with Gasteiger partial charge in [-0.3, -0.25) is 15.6 Å². The van der Waals surface area contributed by atoms with E-state index in [2.05, 4.69) is 16.2 Å². The van der Waals surface area contributed by atoms with Crippen LogP contribution in [0.1, 0.15) is 11.1 Å². The molecule has 0 aromatic heterocycles. The van der Waals surface area contributed by atoms with Crippen molar-refractivity contribution in [2.75, 3.05) is 11.1 Å². The first-order valence-corrected chi connectivity index (χ1v) is 9.32. The van der Waals surface area contributed by atoms with E-state index in [1.807, 2.05) is 31.2 Å². The molecule has 0 aliphatic heterocycles. The Hall–Kier alpha value is -1.83. The quantitative estimate of drug-likeness (QED) is 0.525. The number of thiocarbonyl (C=S) groups is 1. The highest BCUT2D eigenvalue weighted by atomic mass is 35.5. The van der Waals surface area contributed by atoms with Gasteiger partial charge in [-0.15, -0.1) is 11.8 Å². The Balaban J connectivity index is 1.68. The average Bonchev–Trinajstić information content (AvgIpc) is 2.57. The van der Waals surface area contributed by atoms with Gasteiger partial charge in [-0.05, 0) is 49.0 Å². The zero-order chi connectivity index (χ0) is 18.2. The van der Waals surface area contributed by atoms with Crippen LogP contribution in [-0.2, 0) is 10.5 Å². The highest BCUT2D eigenvalue weighted by molar-refractivity contribution is 7.99. The van der Waals surface area contributed by atoms with E-state index in [4.69, 9.17) is 23.8 Å². The number of anilines is 1. The van der Waals surface area contributed by atoms with Gasteiger partial charge in [0.15, 0.2) is 5.11 Å². The molecule has 2 aromatic rings. The summed E-state index contributed by atoms with van der Waals surface area (Å²) in [5.74, 6) is 0.124. The predicted octanol–water partition coefficient (Wildman–Crippen LogP) is 4.04. The molecule has 25 heavy (non-hydrogen) atoms. The Bertz CT molecular complexity index is 756. The summed E-state index contributed by atoms with van der Waals surface area (Å²) < 4.78 is 13.0. The minimum Gasteiger partial charge on any atom is -0.331 e. The van der Waals surface area contributed by atoms with Crippen molar-refractivity contribution in [2.45, 2.75) is 12.7 Å². The van der Waals surface area contributed by atoms with Crippen LogP contribution in [0, 0.1) is 12.7 Å². The number of aryl methyl sites for hydroxylation is 1. The van der Waals surface area contributed by atoms with Gasteiger partial charge in [-0.2, -0.15) is 0 Å². The van der Waals surface area contributed by atoms with E-state index in [1.165, 1.54) is 23.9 Å². The van der Waals surface area contributed by atoms with Crippen molar-refractivity contribution in [3.05, 3.63) is 64.4 Å². The lowest BCUT2D eigenvalue weighted by Gasteiger charge is -2.11. The molecule has 8 heteroatoms. The Labute approximate surface area is 160 Å². The number of carbonyl (C=O) groups is 1. The summed E-state index contributed by atoms with van der Waals surface area (Å²) in [6.45, 7) is 2.00. The van der Waals surface area contributed by atoms with Crippen LogP contribution >= 0.6 is 35.6 Å². The van der Waals surface area contributed by atoms with Gasteiger partial charge in [0.1, 0.15) is 5.82 Å². The van der Waals surface area contributed by atoms with Crippen molar-refractivity contribution in [3.8, 4) is 0 Å². The lowest BCUT2D eigenvalue weighted by molar-refractivity contribution is -0.119. The highest BCUT2D eigenvalue weighted by Gasteiger charge is 2.06. The number of amides is 1. The summed E-state index contributed by atoms with van der Waals surface area (Å²) in [5.41, 5.74) is 7.93. The second-order valence-electron chi connectivity index (χ2n) is 5.22. The molecule has 3 N–H and O–H groups in total. The molecule has 0 atom stereocenters. The molecule has 1 amide bonds. The Morgan fingerprint density at radius 1 is 1.20 bits per heavy atom. The third-order valence-corrected chi connectivity index (χ3v) is 4.67. The smallest absolute Gasteiger partial charge is 0.248 e. The molecule has 0 aliphatic rings. The van der Waals surface area contributed by atoms with Gasteiger partial charge in [0, 0.05) is 16.5 Å². The molecule has 0 saturated heterocycles. The minimum atomic E-state index is -0.379. The Morgan fingerprint density at radius 3 is 2.60 bits per heavy atom. The number of thioether (sulfide) groups is 1. The van der Waals surface area contributed by atoms with Crippen molar-refractivity contribution in [3.63, 3.8) is 0 Å². The minimum absolute atomic E-state index is 0.216. The van der Waals surface area contributed by atoms with Crippen LogP contribution in [0.2, 0.25) is 5.02 Å². The maximum absolute atomic E-state index is 13.0. The number of hydrogen-bond donors (Lipinski definition) is 3. The monoisotopic (exact) mass is 397 g/mol. The summed E-state index contributed by atoms with van der Waals surface area (Å²) in [5, 5.41) is 3.62. The van der Waals surface area contributed by atoms with E-state index in [0.29, 0.717) is 15.9 Å². The van der Waals surface area contributed by atoms with E-state index in [9.17, 15) is 9.18 Å². The molecule has 2 rings (SSSR count). The molecule has 0 bridgehead atoms. The normalized spacial score (nSPS) is 10.2. The van der Waals surface area contributed by atoms with Gasteiger partial charge >= 0.3 is 0 Å². The molecule has 132 valence electrons. The fourth-order valence-corrected chi connectivity index (χ4v) is 3.17. The van der Waals surface area contributed by atoms with E-state index < -0.39 is 0 Å². The van der Waals surface area contributed by atoms with Gasteiger partial charge < -0.3 is 5.32 Å². The van der Waals surface area contributed by atoms with Crippen LogP contribution in [0.25, 0.3) is 0 Å². The zero-order valence-electron chi connectivity index (χ0n) is 13.4. The third kappa shape index (κ3) is 6.89. The summed E-state index contributed by atoms with van der Waals surface area (Å²) in [6, 6.07) is 11.9. The summed E-state index contributed by atoms with van der Waals surface area (Å²) >= 11 is 12.4. The van der Waals surface area contributed by atoms with Crippen molar-refractivity contribution in [1.29, 1.82) is 0 Å². The summed E-state index contributed by atoms with van der Waals surface area (Å²) in [4.78, 5) is 11.8.